The second-order valence-corrected chi connectivity index (χ2v) is 6.02. The Bertz CT molecular complexity index is 522. The zero-order valence-electron chi connectivity index (χ0n) is 11.5. The number of halogens is 1. The standard InChI is InChI=1S/C12H18N2O4S.ClH/c1-17-10-4-3-5-11(18-2)12(10)19(15,16)14-8-6-13-7-9-14;/h3-5,13H,6-9H2,1-2H3;1H. The molecule has 0 radical (unpaired) electrons. The maximum absolute atomic E-state index is 12.7. The second-order valence-electron chi connectivity index (χ2n) is 4.15. The third kappa shape index (κ3) is 3.17. The molecule has 6 nitrogen and oxygen atoms in total. The number of sulfonamides is 1. The van der Waals surface area contributed by atoms with Crippen molar-refractivity contribution in [3.63, 3.8) is 0 Å². The van der Waals surface area contributed by atoms with Gasteiger partial charge in [-0.1, -0.05) is 6.07 Å². The highest BCUT2D eigenvalue weighted by atomic mass is 35.5. The Hall–Kier alpha value is -1.02. The van der Waals surface area contributed by atoms with Crippen LogP contribution in [-0.4, -0.2) is 53.1 Å². The maximum Gasteiger partial charge on any atom is 0.250 e. The van der Waals surface area contributed by atoms with E-state index >= 15 is 0 Å². The minimum absolute atomic E-state index is 0. The predicted molar refractivity (Wildman–Crippen MR) is 78.4 cm³/mol. The van der Waals surface area contributed by atoms with E-state index in [4.69, 9.17) is 9.47 Å². The zero-order chi connectivity index (χ0) is 13.9. The van der Waals surface area contributed by atoms with Crippen LogP contribution < -0.4 is 14.8 Å². The van der Waals surface area contributed by atoms with Crippen LogP contribution in [0.15, 0.2) is 23.1 Å². The van der Waals surface area contributed by atoms with Gasteiger partial charge < -0.3 is 14.8 Å². The molecule has 1 saturated heterocycles. The Morgan fingerprint density at radius 3 is 2.05 bits per heavy atom. The summed E-state index contributed by atoms with van der Waals surface area (Å²) < 4.78 is 37.1. The van der Waals surface area contributed by atoms with Crippen molar-refractivity contribution in [1.82, 2.24) is 9.62 Å². The van der Waals surface area contributed by atoms with Crippen LogP contribution in [0.2, 0.25) is 0 Å². The highest BCUT2D eigenvalue weighted by Gasteiger charge is 2.31. The summed E-state index contributed by atoms with van der Waals surface area (Å²) in [6.07, 6.45) is 0. The highest BCUT2D eigenvalue weighted by molar-refractivity contribution is 7.89. The quantitative estimate of drug-likeness (QED) is 0.884. The van der Waals surface area contributed by atoms with Crippen molar-refractivity contribution in [2.24, 2.45) is 0 Å². The van der Waals surface area contributed by atoms with Crippen LogP contribution in [0.5, 0.6) is 11.5 Å². The van der Waals surface area contributed by atoms with E-state index < -0.39 is 10.0 Å². The minimum atomic E-state index is -3.60. The van der Waals surface area contributed by atoms with Crippen molar-refractivity contribution < 1.29 is 17.9 Å². The van der Waals surface area contributed by atoms with E-state index in [0.29, 0.717) is 37.7 Å². The third-order valence-electron chi connectivity index (χ3n) is 3.06. The fraction of sp³-hybridized carbons (Fsp3) is 0.500. The number of piperazine rings is 1. The molecule has 0 atom stereocenters. The van der Waals surface area contributed by atoms with Gasteiger partial charge in [0.05, 0.1) is 14.2 Å². The lowest BCUT2D eigenvalue weighted by atomic mass is 10.3. The van der Waals surface area contributed by atoms with Gasteiger partial charge in [-0.25, -0.2) is 8.42 Å². The lowest BCUT2D eigenvalue weighted by molar-refractivity contribution is 0.344. The molecule has 2 rings (SSSR count). The van der Waals surface area contributed by atoms with Crippen molar-refractivity contribution in [1.29, 1.82) is 0 Å². The Balaban J connectivity index is 0.00000200. The molecule has 1 N–H and O–H groups in total. The molecule has 0 amide bonds. The fourth-order valence-corrected chi connectivity index (χ4v) is 3.82. The molecular weight excluding hydrogens is 304 g/mol. The predicted octanol–water partition coefficient (Wildman–Crippen LogP) is 0.720. The summed E-state index contributed by atoms with van der Waals surface area (Å²) in [5.74, 6) is 0.607. The van der Waals surface area contributed by atoms with E-state index in [1.807, 2.05) is 0 Å². The monoisotopic (exact) mass is 322 g/mol. The Kier molecular flexibility index (Phi) is 6.07. The van der Waals surface area contributed by atoms with Gasteiger partial charge >= 0.3 is 0 Å². The fourth-order valence-electron chi connectivity index (χ4n) is 2.09. The first kappa shape index (κ1) is 17.0. The smallest absolute Gasteiger partial charge is 0.250 e. The van der Waals surface area contributed by atoms with Gasteiger partial charge in [0.1, 0.15) is 11.5 Å². The summed E-state index contributed by atoms with van der Waals surface area (Å²) in [4.78, 5) is 0.0990. The Morgan fingerprint density at radius 2 is 1.60 bits per heavy atom. The van der Waals surface area contributed by atoms with Crippen LogP contribution in [0.4, 0.5) is 0 Å². The molecule has 0 aliphatic carbocycles. The van der Waals surface area contributed by atoms with Crippen LogP contribution in [0, 0.1) is 0 Å². The molecule has 1 heterocycles. The molecule has 114 valence electrons. The molecule has 0 aromatic heterocycles. The van der Waals surface area contributed by atoms with Crippen LogP contribution in [0.1, 0.15) is 0 Å². The first-order valence-corrected chi connectivity index (χ1v) is 7.47. The molecule has 0 saturated carbocycles. The molecule has 1 aromatic carbocycles. The topological polar surface area (TPSA) is 67.9 Å². The minimum Gasteiger partial charge on any atom is -0.495 e. The number of nitrogens with one attached hydrogen (secondary N) is 1. The van der Waals surface area contributed by atoms with Gasteiger partial charge in [0.15, 0.2) is 4.90 Å². The molecule has 1 aliphatic heterocycles. The van der Waals surface area contributed by atoms with Crippen LogP contribution in [0.3, 0.4) is 0 Å². The van der Waals surface area contributed by atoms with Crippen molar-refractivity contribution in [3.8, 4) is 11.5 Å². The maximum atomic E-state index is 12.7. The van der Waals surface area contributed by atoms with Gasteiger partial charge in [-0.05, 0) is 12.1 Å². The molecule has 20 heavy (non-hydrogen) atoms. The van der Waals surface area contributed by atoms with Crippen molar-refractivity contribution in [3.05, 3.63) is 18.2 Å². The van der Waals surface area contributed by atoms with Gasteiger partial charge in [-0.2, -0.15) is 4.31 Å². The largest absolute Gasteiger partial charge is 0.495 e. The van der Waals surface area contributed by atoms with E-state index in [9.17, 15) is 8.42 Å². The number of rotatable bonds is 4. The molecule has 0 bridgehead atoms. The van der Waals surface area contributed by atoms with E-state index in [1.54, 1.807) is 18.2 Å². The first-order chi connectivity index (χ1) is 9.11. The molecular formula is C12H19ClN2O4S. The van der Waals surface area contributed by atoms with Crippen molar-refractivity contribution in [2.45, 2.75) is 4.90 Å². The van der Waals surface area contributed by atoms with Gasteiger partial charge in [-0.15, -0.1) is 12.4 Å². The molecule has 0 unspecified atom stereocenters. The van der Waals surface area contributed by atoms with Gasteiger partial charge in [0.2, 0.25) is 0 Å². The van der Waals surface area contributed by atoms with Gasteiger partial charge in [0, 0.05) is 26.2 Å². The summed E-state index contributed by atoms with van der Waals surface area (Å²) in [5, 5.41) is 3.13. The SMILES string of the molecule is COc1cccc(OC)c1S(=O)(=O)N1CCNCC1.Cl. The summed E-state index contributed by atoms with van der Waals surface area (Å²) in [7, 11) is -0.704. The Morgan fingerprint density at radius 1 is 1.10 bits per heavy atom. The van der Waals surface area contributed by atoms with Crippen LogP contribution in [0.25, 0.3) is 0 Å². The zero-order valence-corrected chi connectivity index (χ0v) is 13.1. The van der Waals surface area contributed by atoms with E-state index in [0.717, 1.165) is 0 Å². The van der Waals surface area contributed by atoms with Crippen molar-refractivity contribution >= 4 is 22.4 Å². The van der Waals surface area contributed by atoms with Gasteiger partial charge in [0.25, 0.3) is 10.0 Å². The summed E-state index contributed by atoms with van der Waals surface area (Å²) >= 11 is 0. The average Bonchev–Trinajstić information content (AvgIpc) is 2.47. The molecule has 0 spiro atoms. The summed E-state index contributed by atoms with van der Waals surface area (Å²) in [5.41, 5.74) is 0. The van der Waals surface area contributed by atoms with Gasteiger partial charge in [-0.3, -0.25) is 0 Å². The molecule has 1 fully saturated rings. The second kappa shape index (κ2) is 7.12. The molecule has 1 aliphatic rings. The lowest BCUT2D eigenvalue weighted by Crippen LogP contribution is -2.46. The summed E-state index contributed by atoms with van der Waals surface area (Å²) in [6, 6.07) is 4.95. The third-order valence-corrected chi connectivity index (χ3v) is 5.02. The lowest BCUT2D eigenvalue weighted by Gasteiger charge is -2.27. The number of hydrogen-bond donors (Lipinski definition) is 1. The molecule has 8 heteroatoms. The Labute approximate surface area is 125 Å². The number of methoxy groups -OCH3 is 2. The van der Waals surface area contributed by atoms with Crippen LogP contribution >= 0.6 is 12.4 Å². The highest BCUT2D eigenvalue weighted by Crippen LogP contribution is 2.35. The number of hydrogen-bond acceptors (Lipinski definition) is 5. The van der Waals surface area contributed by atoms with E-state index in [2.05, 4.69) is 5.32 Å². The van der Waals surface area contributed by atoms with Crippen LogP contribution in [-0.2, 0) is 10.0 Å². The van der Waals surface area contributed by atoms with E-state index in [-0.39, 0.29) is 17.3 Å². The number of nitrogens with zero attached hydrogens (tertiary/aromatic N) is 1. The average molecular weight is 323 g/mol. The number of benzene rings is 1. The van der Waals surface area contributed by atoms with Crippen molar-refractivity contribution in [2.75, 3.05) is 40.4 Å². The van der Waals surface area contributed by atoms with E-state index in [1.165, 1.54) is 18.5 Å². The first-order valence-electron chi connectivity index (χ1n) is 6.03. The normalized spacial score (nSPS) is 16.3. The number of ether oxygens (including phenoxy) is 2. The molecule has 1 aromatic rings. The summed E-state index contributed by atoms with van der Waals surface area (Å²) in [6.45, 7) is 2.19.